The fourth-order valence-corrected chi connectivity index (χ4v) is 3.02. The Labute approximate surface area is 119 Å². The van der Waals surface area contributed by atoms with E-state index in [0.717, 1.165) is 25.1 Å². The van der Waals surface area contributed by atoms with Gasteiger partial charge in [0.25, 0.3) is 5.56 Å². The summed E-state index contributed by atoms with van der Waals surface area (Å²) in [6.07, 6.45) is 4.26. The maximum Gasteiger partial charge on any atom is 0.250 e. The van der Waals surface area contributed by atoms with E-state index in [1.807, 2.05) is 19.2 Å². The first-order valence-corrected chi connectivity index (χ1v) is 7.21. The molecule has 1 unspecified atom stereocenters. The van der Waals surface area contributed by atoms with Gasteiger partial charge in [-0.25, -0.2) is 0 Å². The van der Waals surface area contributed by atoms with E-state index in [1.54, 1.807) is 0 Å². The summed E-state index contributed by atoms with van der Waals surface area (Å²) < 4.78 is 0. The number of hydrogen-bond donors (Lipinski definition) is 1. The molecular formula is C17H20N2O. The maximum absolute atomic E-state index is 11.5. The number of nitrogens with zero attached hydrogens (tertiary/aromatic N) is 1. The largest absolute Gasteiger partial charge is 0.329 e. The Morgan fingerprint density at radius 2 is 2.10 bits per heavy atom. The van der Waals surface area contributed by atoms with Gasteiger partial charge in [0, 0.05) is 24.3 Å². The minimum absolute atomic E-state index is 0.0151. The number of likely N-dealkylation sites (tertiary alicyclic amines) is 1. The van der Waals surface area contributed by atoms with Crippen molar-refractivity contribution in [2.24, 2.45) is 0 Å². The van der Waals surface area contributed by atoms with Gasteiger partial charge in [-0.1, -0.05) is 30.3 Å². The standard InChI is InChI=1S/C17H20N2O/c1-13-10-15(11-18-17(13)20)16-8-5-9-19(16)12-14-6-3-2-4-7-14/h2-4,6-7,10-11,16H,5,8-9,12H2,1H3,(H,18,20). The van der Waals surface area contributed by atoms with Crippen molar-refractivity contribution >= 4 is 0 Å². The van der Waals surface area contributed by atoms with E-state index in [0.29, 0.717) is 6.04 Å². The number of H-pyrrole nitrogens is 1. The molecule has 0 aliphatic carbocycles. The van der Waals surface area contributed by atoms with Crippen molar-refractivity contribution in [3.63, 3.8) is 0 Å². The molecule has 104 valence electrons. The monoisotopic (exact) mass is 268 g/mol. The molecule has 1 fully saturated rings. The first kappa shape index (κ1) is 13.1. The van der Waals surface area contributed by atoms with Crippen molar-refractivity contribution in [1.29, 1.82) is 0 Å². The predicted octanol–water partition coefficient (Wildman–Crippen LogP) is 3.02. The van der Waals surface area contributed by atoms with E-state index in [4.69, 9.17) is 0 Å². The molecule has 1 aliphatic rings. The van der Waals surface area contributed by atoms with Gasteiger partial charge in [-0.2, -0.15) is 0 Å². The summed E-state index contributed by atoms with van der Waals surface area (Å²) in [5.41, 5.74) is 3.39. The first-order chi connectivity index (χ1) is 9.74. The Balaban J connectivity index is 1.81. The fourth-order valence-electron chi connectivity index (χ4n) is 3.02. The summed E-state index contributed by atoms with van der Waals surface area (Å²) in [5.74, 6) is 0. The number of pyridine rings is 1. The average molecular weight is 268 g/mol. The van der Waals surface area contributed by atoms with Crippen LogP contribution in [0.3, 0.4) is 0 Å². The van der Waals surface area contributed by atoms with Crippen molar-refractivity contribution in [1.82, 2.24) is 9.88 Å². The molecule has 3 nitrogen and oxygen atoms in total. The predicted molar refractivity (Wildman–Crippen MR) is 80.6 cm³/mol. The fraction of sp³-hybridized carbons (Fsp3) is 0.353. The molecule has 1 saturated heterocycles. The van der Waals surface area contributed by atoms with Gasteiger partial charge in [-0.05, 0) is 43.5 Å². The molecule has 0 amide bonds. The van der Waals surface area contributed by atoms with Crippen molar-refractivity contribution in [3.8, 4) is 0 Å². The van der Waals surface area contributed by atoms with Gasteiger partial charge in [0.15, 0.2) is 0 Å². The van der Waals surface area contributed by atoms with Crippen LogP contribution in [-0.2, 0) is 6.54 Å². The zero-order valence-corrected chi connectivity index (χ0v) is 11.8. The number of nitrogens with one attached hydrogen (secondary N) is 1. The third-order valence-corrected chi connectivity index (χ3v) is 4.09. The Bertz CT molecular complexity index is 633. The van der Waals surface area contributed by atoms with Crippen LogP contribution in [0.15, 0.2) is 47.4 Å². The quantitative estimate of drug-likeness (QED) is 0.929. The summed E-state index contributed by atoms with van der Waals surface area (Å²) in [5, 5.41) is 0. The lowest BCUT2D eigenvalue weighted by atomic mass is 10.0. The zero-order chi connectivity index (χ0) is 13.9. The molecule has 0 saturated carbocycles. The van der Waals surface area contributed by atoms with Crippen LogP contribution >= 0.6 is 0 Å². The number of benzene rings is 1. The molecule has 1 aromatic carbocycles. The van der Waals surface area contributed by atoms with Gasteiger partial charge in [0.05, 0.1) is 0 Å². The molecule has 2 aromatic rings. The topological polar surface area (TPSA) is 36.1 Å². The zero-order valence-electron chi connectivity index (χ0n) is 11.8. The lowest BCUT2D eigenvalue weighted by Gasteiger charge is -2.25. The maximum atomic E-state index is 11.5. The SMILES string of the molecule is Cc1cc(C2CCCN2Cc2ccccc2)c[nH]c1=O. The molecule has 3 rings (SSSR count). The highest BCUT2D eigenvalue weighted by Gasteiger charge is 2.26. The van der Waals surface area contributed by atoms with Crippen molar-refractivity contribution in [3.05, 3.63) is 69.6 Å². The minimum Gasteiger partial charge on any atom is -0.329 e. The van der Waals surface area contributed by atoms with Gasteiger partial charge in [0.2, 0.25) is 0 Å². The van der Waals surface area contributed by atoms with E-state index in [1.165, 1.54) is 17.5 Å². The minimum atomic E-state index is 0.0151. The summed E-state index contributed by atoms with van der Waals surface area (Å²) in [6, 6.07) is 13.0. The number of aromatic nitrogens is 1. The van der Waals surface area contributed by atoms with Gasteiger partial charge < -0.3 is 4.98 Å². The van der Waals surface area contributed by atoms with E-state index in [-0.39, 0.29) is 5.56 Å². The van der Waals surface area contributed by atoms with Crippen LogP contribution < -0.4 is 5.56 Å². The second-order valence-electron chi connectivity index (χ2n) is 5.56. The smallest absolute Gasteiger partial charge is 0.250 e. The molecule has 1 atom stereocenters. The number of rotatable bonds is 3. The number of aromatic amines is 1. The summed E-state index contributed by atoms with van der Waals surface area (Å²) in [4.78, 5) is 16.8. The molecule has 0 radical (unpaired) electrons. The van der Waals surface area contributed by atoms with Crippen LogP contribution in [-0.4, -0.2) is 16.4 Å². The van der Waals surface area contributed by atoms with Crippen LogP contribution in [0.25, 0.3) is 0 Å². The molecule has 1 aromatic heterocycles. The lowest BCUT2D eigenvalue weighted by Crippen LogP contribution is -2.23. The number of aryl methyl sites for hydroxylation is 1. The van der Waals surface area contributed by atoms with Gasteiger partial charge in [-0.15, -0.1) is 0 Å². The molecular weight excluding hydrogens is 248 g/mol. The second-order valence-corrected chi connectivity index (χ2v) is 5.56. The highest BCUT2D eigenvalue weighted by atomic mass is 16.1. The number of hydrogen-bond acceptors (Lipinski definition) is 2. The third kappa shape index (κ3) is 2.68. The van der Waals surface area contributed by atoms with Gasteiger partial charge in [0.1, 0.15) is 0 Å². The normalized spacial score (nSPS) is 19.4. The van der Waals surface area contributed by atoms with Gasteiger partial charge >= 0.3 is 0 Å². The second kappa shape index (κ2) is 5.63. The van der Waals surface area contributed by atoms with E-state index in [2.05, 4.69) is 40.2 Å². The van der Waals surface area contributed by atoms with Gasteiger partial charge in [-0.3, -0.25) is 9.69 Å². The lowest BCUT2D eigenvalue weighted by molar-refractivity contribution is 0.248. The van der Waals surface area contributed by atoms with Crippen molar-refractivity contribution < 1.29 is 0 Å². The van der Waals surface area contributed by atoms with Crippen LogP contribution in [0.1, 0.15) is 35.6 Å². The van der Waals surface area contributed by atoms with Crippen molar-refractivity contribution in [2.75, 3.05) is 6.54 Å². The van der Waals surface area contributed by atoms with E-state index >= 15 is 0 Å². The van der Waals surface area contributed by atoms with Crippen LogP contribution in [0.2, 0.25) is 0 Å². The molecule has 0 bridgehead atoms. The molecule has 2 heterocycles. The summed E-state index contributed by atoms with van der Waals surface area (Å²) in [7, 11) is 0. The highest BCUT2D eigenvalue weighted by molar-refractivity contribution is 5.22. The van der Waals surface area contributed by atoms with Crippen LogP contribution in [0.4, 0.5) is 0 Å². The third-order valence-electron chi connectivity index (χ3n) is 4.09. The summed E-state index contributed by atoms with van der Waals surface area (Å²) in [6.45, 7) is 3.97. The van der Waals surface area contributed by atoms with E-state index < -0.39 is 0 Å². The Kier molecular flexibility index (Phi) is 3.70. The Morgan fingerprint density at radius 3 is 2.85 bits per heavy atom. The van der Waals surface area contributed by atoms with Crippen molar-refractivity contribution in [2.45, 2.75) is 32.4 Å². The Morgan fingerprint density at radius 1 is 1.30 bits per heavy atom. The van der Waals surface area contributed by atoms with Crippen LogP contribution in [0.5, 0.6) is 0 Å². The molecule has 1 N–H and O–H groups in total. The molecule has 20 heavy (non-hydrogen) atoms. The van der Waals surface area contributed by atoms with Crippen LogP contribution in [0, 0.1) is 6.92 Å². The summed E-state index contributed by atoms with van der Waals surface area (Å²) >= 11 is 0. The average Bonchev–Trinajstić information content (AvgIpc) is 2.91. The first-order valence-electron chi connectivity index (χ1n) is 7.21. The molecule has 0 spiro atoms. The molecule has 3 heteroatoms. The Hall–Kier alpha value is -1.87. The molecule has 1 aliphatic heterocycles. The highest BCUT2D eigenvalue weighted by Crippen LogP contribution is 2.32. The van der Waals surface area contributed by atoms with E-state index in [9.17, 15) is 4.79 Å².